The Balaban J connectivity index is -0.000000113. The number of carbonyl (C=O) groups is 3. The van der Waals surface area contributed by atoms with Crippen molar-refractivity contribution in [3.8, 4) is 0 Å². The molecule has 6 nitrogen and oxygen atoms in total. The fraction of sp³-hybridized carbons (Fsp3) is 0.875. The smallest absolute Gasteiger partial charge is 0.313 e. The van der Waals surface area contributed by atoms with Crippen LogP contribution in [0.2, 0.25) is 0 Å². The first-order valence-corrected chi connectivity index (χ1v) is 10.8. The van der Waals surface area contributed by atoms with Gasteiger partial charge in [-0.1, -0.05) is 69.2 Å². The van der Waals surface area contributed by atoms with Crippen LogP contribution in [0.5, 0.6) is 0 Å². The maximum atomic E-state index is 10.8. The maximum Gasteiger partial charge on any atom is 0.313 e. The number of hydrogen-bond donors (Lipinski definition) is 2. The molecule has 0 amide bonds. The summed E-state index contributed by atoms with van der Waals surface area (Å²) >= 11 is 0. The monoisotopic (exact) mass is 440 g/mol. The zero-order valence-corrected chi connectivity index (χ0v) is 19.9. The van der Waals surface area contributed by atoms with Gasteiger partial charge in [0.2, 0.25) is 2.86 Å². The van der Waals surface area contributed by atoms with Crippen LogP contribution >= 0.6 is 0 Å². The van der Waals surface area contributed by atoms with Crippen molar-refractivity contribution >= 4 is 18.5 Å². The molecule has 0 saturated heterocycles. The molecule has 0 spiro atoms. The van der Waals surface area contributed by atoms with E-state index in [0.717, 1.165) is 38.5 Å². The fourth-order valence-corrected chi connectivity index (χ4v) is 1.23. The highest BCUT2D eigenvalue weighted by Gasteiger charge is 2.08. The van der Waals surface area contributed by atoms with Gasteiger partial charge >= 0.3 is 5.97 Å². The number of hydrogen-bond acceptors (Lipinski definition) is 6. The van der Waals surface area contributed by atoms with Gasteiger partial charge in [-0.25, -0.2) is 0 Å². The molecule has 6 heteroatoms. The Hall–Kier alpha value is -1.27. The Morgan fingerprint density at radius 1 is 0.967 bits per heavy atom. The summed E-state index contributed by atoms with van der Waals surface area (Å²) in [6.45, 7) is 16.2. The van der Waals surface area contributed by atoms with E-state index in [2.05, 4.69) is 24.1 Å². The molecule has 0 rings (SSSR count). The Kier molecular flexibility index (Phi) is 31.0. The number of aliphatic hydroxyl groups is 2. The third kappa shape index (κ3) is 37.5. The summed E-state index contributed by atoms with van der Waals surface area (Å²) in [5, 5.41) is 8.44. The lowest BCUT2D eigenvalue weighted by Gasteiger charge is -2.12. The molecule has 0 aliphatic carbocycles. The lowest BCUT2D eigenvalue weighted by Crippen LogP contribution is -2.16. The van der Waals surface area contributed by atoms with Crippen molar-refractivity contribution in [1.82, 2.24) is 0 Å². The molecule has 0 heterocycles. The minimum Gasteiger partial charge on any atom is -0.462 e. The minimum absolute atomic E-state index is 0. The molecule has 0 aromatic rings. The molecule has 2 atom stereocenters. The first-order valence-electron chi connectivity index (χ1n) is 12.6. The average Bonchev–Trinajstić information content (AvgIpc) is 2.78. The molecule has 0 fully saturated rings. The standard InChI is InChI=1S/C8H14O3.C5H12O.C5H10O.C5H12O.CH4/c1-3-7(4-2)11-8(10)5-6-9;2*1-3-5(2)4-6;1-3-5(6)4-2;/h6-7H,3-5H2,1-2H3;5-6H,3-4H2,1-2H3;4-5H,3H2,1-2H3;5-6H,3-4H2,1-2H3;1H4/i2*6D;4D;6D;. The quantitative estimate of drug-likeness (QED) is 0.227. The van der Waals surface area contributed by atoms with Crippen LogP contribution in [0, 0.1) is 11.8 Å². The van der Waals surface area contributed by atoms with E-state index in [9.17, 15) is 14.4 Å². The second kappa shape index (κ2) is 32.4. The summed E-state index contributed by atoms with van der Waals surface area (Å²) in [6, 6.07) is 0. The van der Waals surface area contributed by atoms with Crippen molar-refractivity contribution in [3.63, 3.8) is 0 Å². The SMILES string of the molecule is C.[2H]C(=O)C(C)CC.[2H]C(=O)CC(=O)OC(CC)CC.[2H]OC(CC)CC.[2H]OCC(C)CC. The molecular formula is C24H52O6. The molecule has 2 unspecified atom stereocenters. The van der Waals surface area contributed by atoms with Gasteiger partial charge < -0.3 is 24.5 Å². The van der Waals surface area contributed by atoms with E-state index in [4.69, 9.17) is 10.3 Å². The van der Waals surface area contributed by atoms with E-state index in [1.165, 1.54) is 0 Å². The van der Waals surface area contributed by atoms with Crippen LogP contribution in [0.25, 0.3) is 0 Å². The first-order chi connectivity index (χ1) is 15.4. The second-order valence-corrected chi connectivity index (χ2v) is 6.80. The lowest BCUT2D eigenvalue weighted by molar-refractivity contribution is -0.149. The summed E-state index contributed by atoms with van der Waals surface area (Å²) in [6.07, 6.45) is 3.51. The number of aliphatic hydroxyl groups excluding tert-OH is 2. The van der Waals surface area contributed by atoms with Crippen LogP contribution in [0.15, 0.2) is 0 Å². The van der Waals surface area contributed by atoms with Crippen LogP contribution in [-0.2, 0) is 19.1 Å². The van der Waals surface area contributed by atoms with Gasteiger partial charge in [-0.3, -0.25) is 4.79 Å². The topological polar surface area (TPSA) is 101 Å². The number of carbonyl (C=O) groups excluding carboxylic acids is 3. The summed E-state index contributed by atoms with van der Waals surface area (Å²) in [5.74, 6) is -0.124. The average molecular weight is 441 g/mol. The van der Waals surface area contributed by atoms with Crippen LogP contribution in [0.1, 0.15) is 111 Å². The number of rotatable bonds is 13. The summed E-state index contributed by atoms with van der Waals surface area (Å²) in [5.41, 5.74) is 0. The van der Waals surface area contributed by atoms with Gasteiger partial charge in [0.15, 0.2) is 0 Å². The van der Waals surface area contributed by atoms with Crippen molar-refractivity contribution in [1.29, 1.82) is 2.86 Å². The van der Waals surface area contributed by atoms with Crippen molar-refractivity contribution in [2.24, 2.45) is 11.8 Å². The molecule has 0 aliphatic heterocycles. The highest BCUT2D eigenvalue weighted by atomic mass is 16.5. The molecule has 2 N–H and O–H groups in total. The molecule has 30 heavy (non-hydrogen) atoms. The largest absolute Gasteiger partial charge is 0.462 e. The second-order valence-electron chi connectivity index (χ2n) is 6.80. The molecule has 0 bridgehead atoms. The van der Waals surface area contributed by atoms with Crippen molar-refractivity contribution in [2.45, 2.75) is 120 Å². The number of ether oxygens (including phenoxy) is 1. The Bertz CT molecular complexity index is 453. The Labute approximate surface area is 192 Å². The minimum atomic E-state index is -0.897. The van der Waals surface area contributed by atoms with Crippen LogP contribution in [0.3, 0.4) is 0 Å². The Morgan fingerprint density at radius 3 is 1.67 bits per heavy atom. The van der Waals surface area contributed by atoms with Gasteiger partial charge in [0.1, 0.15) is 27.8 Å². The summed E-state index contributed by atoms with van der Waals surface area (Å²) in [4.78, 5) is 31.0. The number of esters is 1. The van der Waals surface area contributed by atoms with Crippen LogP contribution in [-0.4, -0.2) is 50.4 Å². The van der Waals surface area contributed by atoms with E-state index in [1.54, 1.807) is 6.92 Å². The third-order valence-corrected chi connectivity index (χ3v) is 4.13. The van der Waals surface area contributed by atoms with Crippen molar-refractivity contribution < 1.29 is 32.1 Å². The van der Waals surface area contributed by atoms with Crippen LogP contribution in [0.4, 0.5) is 0 Å². The highest BCUT2D eigenvalue weighted by Crippen LogP contribution is 2.03. The van der Waals surface area contributed by atoms with Crippen molar-refractivity contribution in [2.75, 3.05) is 6.61 Å². The van der Waals surface area contributed by atoms with E-state index >= 15 is 0 Å². The molecule has 0 aromatic heterocycles. The summed E-state index contributed by atoms with van der Waals surface area (Å²) < 4.78 is 30.7. The van der Waals surface area contributed by atoms with Crippen molar-refractivity contribution in [3.05, 3.63) is 0 Å². The van der Waals surface area contributed by atoms with E-state index in [-0.39, 0.29) is 25.6 Å². The summed E-state index contributed by atoms with van der Waals surface area (Å²) in [7, 11) is 0. The van der Waals surface area contributed by atoms with E-state index in [1.807, 2.05) is 34.6 Å². The fourth-order valence-electron chi connectivity index (χ4n) is 1.23. The molecule has 184 valence electrons. The van der Waals surface area contributed by atoms with Gasteiger partial charge in [-0.2, -0.15) is 0 Å². The zero-order valence-electron chi connectivity index (χ0n) is 23.9. The molecule has 0 radical (unpaired) electrons. The highest BCUT2D eigenvalue weighted by molar-refractivity contribution is 5.83. The predicted molar refractivity (Wildman–Crippen MR) is 127 cm³/mol. The van der Waals surface area contributed by atoms with E-state index < -0.39 is 24.9 Å². The first kappa shape index (κ1) is 28.7. The third-order valence-electron chi connectivity index (χ3n) is 4.13. The molecule has 0 saturated carbocycles. The molecule has 0 aliphatic rings. The molecule has 0 aromatic carbocycles. The molecular weight excluding hydrogens is 384 g/mol. The van der Waals surface area contributed by atoms with Gasteiger partial charge in [0.05, 0.1) is 6.10 Å². The Morgan fingerprint density at radius 2 is 1.50 bits per heavy atom. The van der Waals surface area contributed by atoms with Gasteiger partial charge in [-0.15, -0.1) is 0 Å². The lowest BCUT2D eigenvalue weighted by atomic mass is 10.1. The van der Waals surface area contributed by atoms with Gasteiger partial charge in [-0.05, 0) is 38.0 Å². The van der Waals surface area contributed by atoms with Gasteiger partial charge in [0, 0.05) is 12.5 Å². The maximum absolute atomic E-state index is 10.8. The normalized spacial score (nSPS) is 13.0. The predicted octanol–water partition coefficient (Wildman–Crippen LogP) is 5.37. The van der Waals surface area contributed by atoms with Gasteiger partial charge in [0.25, 0.3) is 0 Å². The number of aldehydes is 2. The van der Waals surface area contributed by atoms with E-state index in [0.29, 0.717) is 12.5 Å². The zero-order chi connectivity index (χ0) is 26.8. The van der Waals surface area contributed by atoms with Crippen LogP contribution < -0.4 is 0 Å².